The normalized spacial score (nSPS) is 11.8. The number of carbonyl (C=O) groups excluding carboxylic acids is 1. The van der Waals surface area contributed by atoms with Gasteiger partial charge in [-0.15, -0.1) is 0 Å². The lowest BCUT2D eigenvalue weighted by Gasteiger charge is -2.13. The van der Waals surface area contributed by atoms with E-state index in [4.69, 9.17) is 15.9 Å². The van der Waals surface area contributed by atoms with Gasteiger partial charge in [-0.3, -0.25) is 24.4 Å². The average Bonchev–Trinajstić information content (AvgIpc) is 2.75. The van der Waals surface area contributed by atoms with E-state index >= 15 is 0 Å². The predicted molar refractivity (Wildman–Crippen MR) is 114 cm³/mol. The van der Waals surface area contributed by atoms with Crippen LogP contribution in [0.15, 0.2) is 41.3 Å². The number of pyridine rings is 1. The lowest BCUT2D eigenvalue weighted by molar-refractivity contribution is -0.140. The van der Waals surface area contributed by atoms with Gasteiger partial charge in [-0.05, 0) is 43.0 Å². The molecule has 1 amide bonds. The van der Waals surface area contributed by atoms with Crippen molar-refractivity contribution in [1.29, 1.82) is 0 Å². The molecular formula is C21H21N5O6. The van der Waals surface area contributed by atoms with Gasteiger partial charge in [0.15, 0.2) is 0 Å². The van der Waals surface area contributed by atoms with Crippen LogP contribution in [0.4, 0.5) is 5.95 Å². The molecule has 3 aromatic rings. The Balaban J connectivity index is 1.62. The Morgan fingerprint density at radius 3 is 2.50 bits per heavy atom. The van der Waals surface area contributed by atoms with Gasteiger partial charge in [-0.25, -0.2) is 9.78 Å². The molecule has 0 fully saturated rings. The second kappa shape index (κ2) is 9.69. The predicted octanol–water partition coefficient (Wildman–Crippen LogP) is 0.733. The Bertz CT molecular complexity index is 1220. The molecule has 166 valence electrons. The van der Waals surface area contributed by atoms with Crippen LogP contribution in [0.3, 0.4) is 0 Å². The minimum atomic E-state index is -1.30. The van der Waals surface area contributed by atoms with Gasteiger partial charge < -0.3 is 21.3 Å². The summed E-state index contributed by atoms with van der Waals surface area (Å²) in [7, 11) is 0. The first-order valence-corrected chi connectivity index (χ1v) is 9.72. The molecule has 1 unspecified atom stereocenters. The van der Waals surface area contributed by atoms with Gasteiger partial charge in [0.25, 0.3) is 11.5 Å². The zero-order chi connectivity index (χ0) is 23.3. The Kier molecular flexibility index (Phi) is 6.78. The summed E-state index contributed by atoms with van der Waals surface area (Å²) in [5.41, 5.74) is 7.46. The number of carboxylic acids is 2. The monoisotopic (exact) mass is 439 g/mol. The fourth-order valence-corrected chi connectivity index (χ4v) is 3.10. The van der Waals surface area contributed by atoms with E-state index in [1.54, 1.807) is 30.3 Å². The largest absolute Gasteiger partial charge is 0.481 e. The van der Waals surface area contributed by atoms with Crippen LogP contribution >= 0.6 is 0 Å². The number of carbonyl (C=O) groups is 3. The van der Waals surface area contributed by atoms with E-state index in [0.29, 0.717) is 29.4 Å². The Hall–Kier alpha value is -4.28. The van der Waals surface area contributed by atoms with Gasteiger partial charge in [-0.1, -0.05) is 12.1 Å². The quantitative estimate of drug-likeness (QED) is 0.320. The number of nitrogen functional groups attached to an aromatic ring is 1. The van der Waals surface area contributed by atoms with Crippen molar-refractivity contribution in [1.82, 2.24) is 20.3 Å². The number of nitrogens with one attached hydrogen (secondary N) is 2. The minimum absolute atomic E-state index is 0.0257. The van der Waals surface area contributed by atoms with Crippen molar-refractivity contribution in [3.05, 3.63) is 63.7 Å². The molecule has 0 aliphatic carbocycles. The number of amides is 1. The number of hydrogen-bond donors (Lipinski definition) is 5. The maximum atomic E-state index is 12.3. The summed E-state index contributed by atoms with van der Waals surface area (Å²) in [4.78, 5) is 56.9. The lowest BCUT2D eigenvalue weighted by Crippen LogP contribution is -2.41. The van der Waals surface area contributed by atoms with Crippen LogP contribution in [-0.2, 0) is 22.4 Å². The standard InChI is InChI=1S/C21H21N5O6/c22-21-25-16-10-23-13(9-14(16)19(30)26-21)6-3-11-1-4-12(5-2-11)18(29)24-15(20(31)32)7-8-17(27)28/h1-2,4-5,9-10,15H,3,6-8H2,(H,24,29)(H,27,28)(H,31,32)(H3,22,25,26,30). The third kappa shape index (κ3) is 5.65. The van der Waals surface area contributed by atoms with Gasteiger partial charge >= 0.3 is 11.9 Å². The van der Waals surface area contributed by atoms with Crippen molar-refractivity contribution in [2.24, 2.45) is 0 Å². The molecule has 32 heavy (non-hydrogen) atoms. The third-order valence-corrected chi connectivity index (χ3v) is 4.80. The Morgan fingerprint density at radius 2 is 1.84 bits per heavy atom. The van der Waals surface area contributed by atoms with Crippen LogP contribution in [-0.4, -0.2) is 49.1 Å². The first-order valence-electron chi connectivity index (χ1n) is 9.72. The number of nitrogens with two attached hydrogens (primary N) is 1. The summed E-state index contributed by atoms with van der Waals surface area (Å²) in [6.45, 7) is 0. The number of aliphatic carboxylic acids is 2. The SMILES string of the molecule is Nc1nc2cnc(CCc3ccc(C(=O)NC(CCC(=O)O)C(=O)O)cc3)cc2c(=O)[nH]1. The number of hydrogen-bond acceptors (Lipinski definition) is 7. The summed E-state index contributed by atoms with van der Waals surface area (Å²) in [5.74, 6) is -3.01. The highest BCUT2D eigenvalue weighted by Crippen LogP contribution is 2.12. The Labute approximate surface area is 181 Å². The highest BCUT2D eigenvalue weighted by molar-refractivity contribution is 5.96. The van der Waals surface area contributed by atoms with Crippen molar-refractivity contribution >= 4 is 34.7 Å². The summed E-state index contributed by atoms with van der Waals surface area (Å²) in [6, 6.07) is 6.96. The average molecular weight is 439 g/mol. The molecule has 1 atom stereocenters. The molecule has 3 rings (SSSR count). The molecule has 2 aromatic heterocycles. The number of aromatic amines is 1. The lowest BCUT2D eigenvalue weighted by atomic mass is 10.0. The van der Waals surface area contributed by atoms with Gasteiger partial charge in [0, 0.05) is 17.7 Å². The van der Waals surface area contributed by atoms with Crippen molar-refractivity contribution < 1.29 is 24.6 Å². The molecule has 0 saturated carbocycles. The van der Waals surface area contributed by atoms with E-state index in [-0.39, 0.29) is 29.9 Å². The molecular weight excluding hydrogens is 418 g/mol. The van der Waals surface area contributed by atoms with Gasteiger partial charge in [0.2, 0.25) is 5.95 Å². The summed E-state index contributed by atoms with van der Waals surface area (Å²) in [6.07, 6.45) is 2.05. The molecule has 0 spiro atoms. The van der Waals surface area contributed by atoms with E-state index < -0.39 is 23.9 Å². The summed E-state index contributed by atoms with van der Waals surface area (Å²) < 4.78 is 0. The second-order valence-electron chi connectivity index (χ2n) is 7.14. The van der Waals surface area contributed by atoms with Crippen LogP contribution in [0.5, 0.6) is 0 Å². The number of aromatic nitrogens is 3. The molecule has 0 radical (unpaired) electrons. The fraction of sp³-hybridized carbons (Fsp3) is 0.238. The van der Waals surface area contributed by atoms with Gasteiger partial charge in [-0.2, -0.15) is 0 Å². The molecule has 6 N–H and O–H groups in total. The molecule has 0 saturated heterocycles. The van der Waals surface area contributed by atoms with E-state index in [2.05, 4.69) is 20.3 Å². The number of carboxylic acid groups (broad SMARTS) is 2. The minimum Gasteiger partial charge on any atom is -0.481 e. The molecule has 11 heteroatoms. The molecule has 0 aliphatic rings. The first kappa shape index (κ1) is 22.4. The van der Waals surface area contributed by atoms with Crippen molar-refractivity contribution in [3.63, 3.8) is 0 Å². The highest BCUT2D eigenvalue weighted by Gasteiger charge is 2.21. The number of H-pyrrole nitrogens is 1. The van der Waals surface area contributed by atoms with Crippen molar-refractivity contribution in [3.8, 4) is 0 Å². The van der Waals surface area contributed by atoms with E-state index in [1.807, 2.05) is 0 Å². The number of benzene rings is 1. The van der Waals surface area contributed by atoms with Gasteiger partial charge in [0.05, 0.1) is 17.1 Å². The highest BCUT2D eigenvalue weighted by atomic mass is 16.4. The molecule has 0 aliphatic heterocycles. The molecule has 0 bridgehead atoms. The van der Waals surface area contributed by atoms with E-state index in [1.165, 1.54) is 6.20 Å². The number of rotatable bonds is 9. The first-order chi connectivity index (χ1) is 15.2. The summed E-state index contributed by atoms with van der Waals surface area (Å²) in [5, 5.41) is 20.6. The number of fused-ring (bicyclic) bond motifs is 1. The van der Waals surface area contributed by atoms with Crippen molar-refractivity contribution in [2.45, 2.75) is 31.7 Å². The molecule has 2 heterocycles. The maximum absolute atomic E-state index is 12.3. The van der Waals surface area contributed by atoms with E-state index in [9.17, 15) is 19.2 Å². The number of nitrogens with zero attached hydrogens (tertiary/aromatic N) is 2. The topological polar surface area (TPSA) is 188 Å². The van der Waals surface area contributed by atoms with Gasteiger partial charge in [0.1, 0.15) is 6.04 Å². The smallest absolute Gasteiger partial charge is 0.326 e. The number of anilines is 1. The maximum Gasteiger partial charge on any atom is 0.326 e. The van der Waals surface area contributed by atoms with Crippen LogP contribution in [0, 0.1) is 0 Å². The fourth-order valence-electron chi connectivity index (χ4n) is 3.10. The van der Waals surface area contributed by atoms with Crippen LogP contribution in [0.1, 0.15) is 34.5 Å². The van der Waals surface area contributed by atoms with Crippen LogP contribution in [0.2, 0.25) is 0 Å². The van der Waals surface area contributed by atoms with Crippen LogP contribution < -0.4 is 16.6 Å². The molecule has 11 nitrogen and oxygen atoms in total. The van der Waals surface area contributed by atoms with Crippen molar-refractivity contribution in [2.75, 3.05) is 5.73 Å². The third-order valence-electron chi connectivity index (χ3n) is 4.80. The van der Waals surface area contributed by atoms with Crippen LogP contribution in [0.25, 0.3) is 10.9 Å². The summed E-state index contributed by atoms with van der Waals surface area (Å²) >= 11 is 0. The second-order valence-corrected chi connectivity index (χ2v) is 7.14. The Morgan fingerprint density at radius 1 is 1.12 bits per heavy atom. The molecule has 1 aromatic carbocycles. The zero-order valence-electron chi connectivity index (χ0n) is 16.9. The number of aryl methyl sites for hydroxylation is 2. The zero-order valence-corrected chi connectivity index (χ0v) is 16.9. The van der Waals surface area contributed by atoms with E-state index in [0.717, 1.165) is 5.56 Å².